The highest BCUT2D eigenvalue weighted by Crippen LogP contribution is 2.38. The standard InChI is InChI=1S/C25H26N2O2/c1-3-17-29-21-15-16-22-23(18-21)27(4-2)24(26-22)25(28,19-11-7-5-8-12-19)20-13-9-6-10-14-20/h5-16,18,28H,3-4,17H2,1-2H3. The van der Waals surface area contributed by atoms with Crippen LogP contribution in [0.5, 0.6) is 5.75 Å². The second-order valence-corrected chi connectivity index (χ2v) is 7.12. The molecular weight excluding hydrogens is 360 g/mol. The van der Waals surface area contributed by atoms with Gasteiger partial charge in [0.15, 0.2) is 11.4 Å². The molecule has 4 heteroatoms. The van der Waals surface area contributed by atoms with Crippen LogP contribution in [0.25, 0.3) is 11.0 Å². The third-order valence-corrected chi connectivity index (χ3v) is 5.22. The van der Waals surface area contributed by atoms with Gasteiger partial charge in [-0.3, -0.25) is 0 Å². The molecule has 148 valence electrons. The van der Waals surface area contributed by atoms with Crippen LogP contribution in [-0.4, -0.2) is 21.3 Å². The SMILES string of the molecule is CCCOc1ccc2nc(C(O)(c3ccccc3)c3ccccc3)n(CC)c2c1. The minimum atomic E-state index is -1.36. The average molecular weight is 386 g/mol. The van der Waals surface area contributed by atoms with Crippen molar-refractivity contribution in [2.75, 3.05) is 6.61 Å². The molecule has 0 saturated carbocycles. The first kappa shape index (κ1) is 19.2. The zero-order valence-electron chi connectivity index (χ0n) is 16.9. The zero-order valence-corrected chi connectivity index (χ0v) is 16.9. The molecular formula is C25H26N2O2. The van der Waals surface area contributed by atoms with E-state index < -0.39 is 5.60 Å². The van der Waals surface area contributed by atoms with Gasteiger partial charge in [0, 0.05) is 12.6 Å². The Bertz CT molecular complexity index is 1050. The van der Waals surface area contributed by atoms with Crippen LogP contribution in [0.15, 0.2) is 78.9 Å². The van der Waals surface area contributed by atoms with Gasteiger partial charge in [0.1, 0.15) is 5.75 Å². The molecule has 1 heterocycles. The molecule has 0 aliphatic rings. The summed E-state index contributed by atoms with van der Waals surface area (Å²) in [7, 11) is 0. The molecule has 0 aliphatic heterocycles. The number of ether oxygens (including phenoxy) is 1. The van der Waals surface area contributed by atoms with Crippen molar-refractivity contribution in [3.05, 3.63) is 95.8 Å². The number of aromatic nitrogens is 2. The molecule has 0 unspecified atom stereocenters. The number of rotatable bonds is 7. The summed E-state index contributed by atoms with van der Waals surface area (Å²) in [5.74, 6) is 1.43. The molecule has 0 spiro atoms. The zero-order chi connectivity index (χ0) is 20.3. The number of hydrogen-bond acceptors (Lipinski definition) is 3. The normalized spacial score (nSPS) is 11.7. The fraction of sp³-hybridized carbons (Fsp3) is 0.240. The highest BCUT2D eigenvalue weighted by Gasteiger charge is 2.38. The van der Waals surface area contributed by atoms with E-state index in [1.54, 1.807) is 0 Å². The molecule has 0 saturated heterocycles. The van der Waals surface area contributed by atoms with Crippen molar-refractivity contribution in [2.45, 2.75) is 32.4 Å². The Balaban J connectivity index is 1.95. The van der Waals surface area contributed by atoms with Crippen LogP contribution in [0.4, 0.5) is 0 Å². The third-order valence-electron chi connectivity index (χ3n) is 5.22. The van der Waals surface area contributed by atoms with Crippen molar-refractivity contribution >= 4 is 11.0 Å². The fourth-order valence-electron chi connectivity index (χ4n) is 3.79. The topological polar surface area (TPSA) is 47.3 Å². The number of nitrogens with zero attached hydrogens (tertiary/aromatic N) is 2. The summed E-state index contributed by atoms with van der Waals surface area (Å²) in [5, 5.41) is 12.1. The van der Waals surface area contributed by atoms with Gasteiger partial charge in [-0.25, -0.2) is 4.98 Å². The summed E-state index contributed by atoms with van der Waals surface area (Å²) in [6, 6.07) is 25.4. The van der Waals surface area contributed by atoms with Gasteiger partial charge in [0.05, 0.1) is 17.6 Å². The van der Waals surface area contributed by atoms with E-state index in [-0.39, 0.29) is 0 Å². The molecule has 3 aromatic carbocycles. The summed E-state index contributed by atoms with van der Waals surface area (Å²) >= 11 is 0. The number of benzene rings is 3. The van der Waals surface area contributed by atoms with Gasteiger partial charge < -0.3 is 14.4 Å². The Labute approximate surface area is 171 Å². The first-order chi connectivity index (χ1) is 14.2. The molecule has 4 aromatic rings. The molecule has 0 aliphatic carbocycles. The maximum Gasteiger partial charge on any atom is 0.173 e. The van der Waals surface area contributed by atoms with Crippen LogP contribution in [0.3, 0.4) is 0 Å². The predicted molar refractivity (Wildman–Crippen MR) is 116 cm³/mol. The first-order valence-corrected chi connectivity index (χ1v) is 10.2. The van der Waals surface area contributed by atoms with Crippen molar-refractivity contribution in [1.29, 1.82) is 0 Å². The van der Waals surface area contributed by atoms with Crippen molar-refractivity contribution in [1.82, 2.24) is 9.55 Å². The molecule has 0 amide bonds. The van der Waals surface area contributed by atoms with E-state index >= 15 is 0 Å². The van der Waals surface area contributed by atoms with Gasteiger partial charge >= 0.3 is 0 Å². The largest absolute Gasteiger partial charge is 0.494 e. The summed E-state index contributed by atoms with van der Waals surface area (Å²) in [6.07, 6.45) is 0.956. The number of hydrogen-bond donors (Lipinski definition) is 1. The molecule has 4 nitrogen and oxygen atoms in total. The van der Waals surface area contributed by atoms with E-state index in [1.165, 1.54) is 0 Å². The summed E-state index contributed by atoms with van der Waals surface area (Å²) < 4.78 is 7.90. The quantitative estimate of drug-likeness (QED) is 0.479. The summed E-state index contributed by atoms with van der Waals surface area (Å²) in [5.41, 5.74) is 2.02. The maximum absolute atomic E-state index is 12.1. The summed E-state index contributed by atoms with van der Waals surface area (Å²) in [6.45, 7) is 5.52. The minimum absolute atomic E-state index is 0.611. The highest BCUT2D eigenvalue weighted by molar-refractivity contribution is 5.78. The monoisotopic (exact) mass is 386 g/mol. The van der Waals surface area contributed by atoms with Crippen LogP contribution < -0.4 is 4.74 Å². The Kier molecular flexibility index (Phi) is 5.36. The lowest BCUT2D eigenvalue weighted by molar-refractivity contribution is 0.112. The second-order valence-electron chi connectivity index (χ2n) is 7.12. The van der Waals surface area contributed by atoms with Gasteiger partial charge in [0.25, 0.3) is 0 Å². The van der Waals surface area contributed by atoms with Crippen LogP contribution in [0.1, 0.15) is 37.2 Å². The van der Waals surface area contributed by atoms with Gasteiger partial charge in [-0.05, 0) is 36.6 Å². The second kappa shape index (κ2) is 8.10. The Morgan fingerprint density at radius 3 is 2.07 bits per heavy atom. The molecule has 0 fully saturated rings. The van der Waals surface area contributed by atoms with Crippen molar-refractivity contribution < 1.29 is 9.84 Å². The molecule has 1 N–H and O–H groups in total. The van der Waals surface area contributed by atoms with Gasteiger partial charge in [-0.15, -0.1) is 0 Å². The van der Waals surface area contributed by atoms with Crippen LogP contribution in [-0.2, 0) is 12.1 Å². The van der Waals surface area contributed by atoms with E-state index in [0.29, 0.717) is 19.0 Å². The molecule has 29 heavy (non-hydrogen) atoms. The van der Waals surface area contributed by atoms with Crippen molar-refractivity contribution in [2.24, 2.45) is 0 Å². The van der Waals surface area contributed by atoms with Crippen molar-refractivity contribution in [3.8, 4) is 5.75 Å². The van der Waals surface area contributed by atoms with Gasteiger partial charge in [-0.1, -0.05) is 67.6 Å². The number of fused-ring (bicyclic) bond motifs is 1. The molecule has 1 aromatic heterocycles. The third kappa shape index (κ3) is 3.40. The summed E-state index contributed by atoms with van der Waals surface area (Å²) in [4.78, 5) is 4.89. The Hall–Kier alpha value is -3.11. The molecule has 4 rings (SSSR count). The van der Waals surface area contributed by atoms with E-state index in [2.05, 4.69) is 18.4 Å². The molecule has 0 radical (unpaired) electrons. The Morgan fingerprint density at radius 2 is 1.52 bits per heavy atom. The lowest BCUT2D eigenvalue weighted by Gasteiger charge is -2.29. The maximum atomic E-state index is 12.1. The highest BCUT2D eigenvalue weighted by atomic mass is 16.5. The predicted octanol–water partition coefficient (Wildman–Crippen LogP) is 5.13. The van der Waals surface area contributed by atoms with E-state index in [9.17, 15) is 5.11 Å². The smallest absolute Gasteiger partial charge is 0.173 e. The minimum Gasteiger partial charge on any atom is -0.494 e. The lowest BCUT2D eigenvalue weighted by Crippen LogP contribution is -2.32. The molecule has 0 atom stereocenters. The van der Waals surface area contributed by atoms with Crippen LogP contribution in [0.2, 0.25) is 0 Å². The first-order valence-electron chi connectivity index (χ1n) is 10.2. The lowest BCUT2D eigenvalue weighted by atomic mass is 9.85. The van der Waals surface area contributed by atoms with Gasteiger partial charge in [0.2, 0.25) is 0 Å². The van der Waals surface area contributed by atoms with Gasteiger partial charge in [-0.2, -0.15) is 0 Å². The Morgan fingerprint density at radius 1 is 0.897 bits per heavy atom. The van der Waals surface area contributed by atoms with E-state index in [1.807, 2.05) is 78.9 Å². The fourth-order valence-corrected chi connectivity index (χ4v) is 3.79. The van der Waals surface area contributed by atoms with Crippen LogP contribution >= 0.6 is 0 Å². The average Bonchev–Trinajstić information content (AvgIpc) is 3.16. The van der Waals surface area contributed by atoms with E-state index in [0.717, 1.165) is 34.3 Å². The number of imidazole rings is 1. The van der Waals surface area contributed by atoms with Crippen molar-refractivity contribution in [3.63, 3.8) is 0 Å². The molecule has 0 bridgehead atoms. The van der Waals surface area contributed by atoms with Crippen LogP contribution in [0, 0.1) is 0 Å². The van der Waals surface area contributed by atoms with E-state index in [4.69, 9.17) is 9.72 Å². The number of aliphatic hydroxyl groups is 1. The number of aryl methyl sites for hydroxylation is 1.